The zero-order valence-electron chi connectivity index (χ0n) is 17.8. The normalized spacial score (nSPS) is 14.5. The van der Waals surface area contributed by atoms with E-state index in [1.54, 1.807) is 12.3 Å². The quantitative estimate of drug-likeness (QED) is 0.506. The molecule has 32 heavy (non-hydrogen) atoms. The number of aryl methyl sites for hydroxylation is 1. The number of carbonyl (C=O) groups excluding carboxylic acids is 1. The number of benzene rings is 1. The Morgan fingerprint density at radius 1 is 1.12 bits per heavy atom. The number of amides is 1. The number of aromatic amines is 1. The Morgan fingerprint density at radius 2 is 2.00 bits per heavy atom. The van der Waals surface area contributed by atoms with E-state index in [4.69, 9.17) is 4.74 Å². The van der Waals surface area contributed by atoms with Gasteiger partial charge in [-0.25, -0.2) is 0 Å². The Bertz CT molecular complexity index is 1260. The first kappa shape index (κ1) is 20.3. The lowest BCUT2D eigenvalue weighted by molar-refractivity contribution is 0.0341. The van der Waals surface area contributed by atoms with Gasteiger partial charge in [0.25, 0.3) is 5.91 Å². The smallest absolute Gasteiger partial charge is 0.276 e. The summed E-state index contributed by atoms with van der Waals surface area (Å²) in [6, 6.07) is 11.7. The summed E-state index contributed by atoms with van der Waals surface area (Å²) < 4.78 is 5.44. The van der Waals surface area contributed by atoms with Crippen LogP contribution in [0.3, 0.4) is 0 Å². The van der Waals surface area contributed by atoms with Crippen LogP contribution in [0.2, 0.25) is 0 Å². The Kier molecular flexibility index (Phi) is 5.62. The molecule has 1 amide bonds. The van der Waals surface area contributed by atoms with E-state index in [-0.39, 0.29) is 5.91 Å². The van der Waals surface area contributed by atoms with Crippen molar-refractivity contribution in [3.05, 3.63) is 71.9 Å². The molecule has 0 unspecified atom stereocenters. The zero-order chi connectivity index (χ0) is 21.9. The molecule has 1 aromatic carbocycles. The number of H-pyrrole nitrogens is 1. The first-order valence-corrected chi connectivity index (χ1v) is 10.6. The average molecular weight is 428 g/mol. The predicted octanol–water partition coefficient (Wildman–Crippen LogP) is 3.41. The number of hydrogen-bond donors (Lipinski definition) is 2. The molecule has 1 saturated heterocycles. The number of rotatable bonds is 5. The molecular weight excluding hydrogens is 404 g/mol. The summed E-state index contributed by atoms with van der Waals surface area (Å²) in [4.78, 5) is 23.9. The third-order valence-electron chi connectivity index (χ3n) is 5.57. The molecule has 0 bridgehead atoms. The van der Waals surface area contributed by atoms with E-state index in [0.29, 0.717) is 11.4 Å². The lowest BCUT2D eigenvalue weighted by atomic mass is 10.0. The van der Waals surface area contributed by atoms with Crippen LogP contribution in [0.5, 0.6) is 0 Å². The Hall–Kier alpha value is -3.62. The second-order valence-electron chi connectivity index (χ2n) is 7.94. The van der Waals surface area contributed by atoms with Crippen molar-refractivity contribution in [2.75, 3.05) is 31.6 Å². The lowest BCUT2D eigenvalue weighted by Crippen LogP contribution is -2.35. The molecule has 1 aliphatic heterocycles. The third kappa shape index (κ3) is 4.37. The topological polar surface area (TPSA) is 96.0 Å². The minimum absolute atomic E-state index is 0.266. The van der Waals surface area contributed by atoms with Gasteiger partial charge in [-0.2, -0.15) is 5.10 Å². The number of nitrogens with one attached hydrogen (secondary N) is 2. The van der Waals surface area contributed by atoms with Gasteiger partial charge in [0.05, 0.1) is 18.7 Å². The molecule has 8 nitrogen and oxygen atoms in total. The Labute approximate surface area is 185 Å². The molecule has 2 N–H and O–H groups in total. The van der Waals surface area contributed by atoms with E-state index in [9.17, 15) is 4.79 Å². The number of hydrogen-bond acceptors (Lipinski definition) is 6. The van der Waals surface area contributed by atoms with Gasteiger partial charge in [0, 0.05) is 60.6 Å². The molecule has 8 heteroatoms. The molecule has 0 atom stereocenters. The first-order valence-electron chi connectivity index (χ1n) is 10.6. The minimum atomic E-state index is -0.266. The van der Waals surface area contributed by atoms with Crippen LogP contribution in [0.1, 0.15) is 21.7 Å². The van der Waals surface area contributed by atoms with E-state index in [1.807, 2.05) is 43.6 Å². The van der Waals surface area contributed by atoms with Crippen molar-refractivity contribution in [2.45, 2.75) is 13.5 Å². The largest absolute Gasteiger partial charge is 0.379 e. The highest BCUT2D eigenvalue weighted by molar-refractivity contribution is 6.11. The van der Waals surface area contributed by atoms with E-state index in [2.05, 4.69) is 36.4 Å². The fourth-order valence-corrected chi connectivity index (χ4v) is 3.93. The monoisotopic (exact) mass is 428 g/mol. The molecule has 5 rings (SSSR count). The van der Waals surface area contributed by atoms with Crippen LogP contribution in [0, 0.1) is 6.92 Å². The Balaban J connectivity index is 1.41. The molecule has 162 valence electrons. The number of fused-ring (bicyclic) bond motifs is 1. The van der Waals surface area contributed by atoms with Crippen molar-refractivity contribution in [3.8, 4) is 11.1 Å². The predicted molar refractivity (Wildman–Crippen MR) is 122 cm³/mol. The fourth-order valence-electron chi connectivity index (χ4n) is 3.93. The molecule has 1 aliphatic rings. The highest BCUT2D eigenvalue weighted by Crippen LogP contribution is 2.26. The summed E-state index contributed by atoms with van der Waals surface area (Å²) in [5.41, 5.74) is 5.84. The maximum atomic E-state index is 12.9. The van der Waals surface area contributed by atoms with Gasteiger partial charge in [0.1, 0.15) is 0 Å². The van der Waals surface area contributed by atoms with Gasteiger partial charge in [-0.1, -0.05) is 6.07 Å². The van der Waals surface area contributed by atoms with Crippen LogP contribution in [0.25, 0.3) is 22.0 Å². The van der Waals surface area contributed by atoms with Crippen LogP contribution in [0.15, 0.2) is 55.0 Å². The Morgan fingerprint density at radius 3 is 2.84 bits per heavy atom. The number of ether oxygens (including phenoxy) is 1. The SMILES string of the molecule is Cc1cc(NC(=O)c2n[nH]c3ccc(-c4cncc(CN5CCOCC5)c4)cc23)ccn1. The summed E-state index contributed by atoms with van der Waals surface area (Å²) in [6.45, 7) is 6.13. The second-order valence-corrected chi connectivity index (χ2v) is 7.94. The molecule has 4 aromatic rings. The maximum Gasteiger partial charge on any atom is 0.276 e. The van der Waals surface area contributed by atoms with Gasteiger partial charge >= 0.3 is 0 Å². The summed E-state index contributed by atoms with van der Waals surface area (Å²) in [5.74, 6) is -0.266. The van der Waals surface area contributed by atoms with Crippen LogP contribution in [0.4, 0.5) is 5.69 Å². The summed E-state index contributed by atoms with van der Waals surface area (Å²) in [6.07, 6.45) is 5.43. The van der Waals surface area contributed by atoms with Gasteiger partial charge in [-0.05, 0) is 48.4 Å². The number of pyridine rings is 2. The van der Waals surface area contributed by atoms with E-state index < -0.39 is 0 Å². The molecule has 4 heterocycles. The molecule has 1 fully saturated rings. The molecule has 0 saturated carbocycles. The molecular formula is C24H24N6O2. The van der Waals surface area contributed by atoms with Crippen LogP contribution >= 0.6 is 0 Å². The second kappa shape index (κ2) is 8.86. The van der Waals surface area contributed by atoms with Gasteiger partial charge in [-0.3, -0.25) is 24.8 Å². The van der Waals surface area contributed by atoms with Gasteiger partial charge < -0.3 is 10.1 Å². The van der Waals surface area contributed by atoms with E-state index >= 15 is 0 Å². The van der Waals surface area contributed by atoms with Crippen molar-refractivity contribution >= 4 is 22.5 Å². The van der Waals surface area contributed by atoms with E-state index in [1.165, 1.54) is 0 Å². The zero-order valence-corrected chi connectivity index (χ0v) is 17.8. The van der Waals surface area contributed by atoms with Gasteiger partial charge in [0.2, 0.25) is 0 Å². The van der Waals surface area contributed by atoms with Crippen LogP contribution < -0.4 is 5.32 Å². The molecule has 0 spiro atoms. The number of morpholine rings is 1. The number of aromatic nitrogens is 4. The van der Waals surface area contributed by atoms with Gasteiger partial charge in [0.15, 0.2) is 5.69 Å². The van der Waals surface area contributed by atoms with Crippen molar-refractivity contribution in [3.63, 3.8) is 0 Å². The van der Waals surface area contributed by atoms with Crippen molar-refractivity contribution in [2.24, 2.45) is 0 Å². The summed E-state index contributed by atoms with van der Waals surface area (Å²) >= 11 is 0. The fraction of sp³-hybridized carbons (Fsp3) is 0.250. The minimum Gasteiger partial charge on any atom is -0.379 e. The molecule has 0 radical (unpaired) electrons. The van der Waals surface area contributed by atoms with Crippen LogP contribution in [-0.4, -0.2) is 57.3 Å². The highest BCUT2D eigenvalue weighted by Gasteiger charge is 2.16. The standard InChI is InChI=1S/C24H24N6O2/c1-16-10-20(4-5-26-16)27-24(31)23-21-12-18(2-3-22(21)28-29-23)19-11-17(13-25-14-19)15-30-6-8-32-9-7-30/h2-5,10-14H,6-9,15H2,1H3,(H,28,29)(H,26,27,31). The van der Waals surface area contributed by atoms with Crippen molar-refractivity contribution in [1.82, 2.24) is 25.1 Å². The van der Waals surface area contributed by atoms with E-state index in [0.717, 1.165) is 66.1 Å². The third-order valence-corrected chi connectivity index (χ3v) is 5.57. The highest BCUT2D eigenvalue weighted by atomic mass is 16.5. The first-order chi connectivity index (χ1) is 15.7. The summed E-state index contributed by atoms with van der Waals surface area (Å²) in [7, 11) is 0. The average Bonchev–Trinajstić information content (AvgIpc) is 3.23. The molecule has 0 aliphatic carbocycles. The molecule has 3 aromatic heterocycles. The van der Waals surface area contributed by atoms with Gasteiger partial charge in [-0.15, -0.1) is 0 Å². The van der Waals surface area contributed by atoms with Crippen molar-refractivity contribution in [1.29, 1.82) is 0 Å². The van der Waals surface area contributed by atoms with Crippen molar-refractivity contribution < 1.29 is 9.53 Å². The maximum absolute atomic E-state index is 12.9. The number of carbonyl (C=O) groups is 1. The number of nitrogens with zero attached hydrogens (tertiary/aromatic N) is 4. The van der Waals surface area contributed by atoms with Crippen LogP contribution in [-0.2, 0) is 11.3 Å². The number of anilines is 1. The lowest BCUT2D eigenvalue weighted by Gasteiger charge is -2.26. The summed E-state index contributed by atoms with van der Waals surface area (Å²) in [5, 5.41) is 10.9.